The molecule has 4 aromatic rings. The topological polar surface area (TPSA) is 71.3 Å². The highest BCUT2D eigenvalue weighted by Gasteiger charge is 2.14. The van der Waals surface area contributed by atoms with Gasteiger partial charge < -0.3 is 14.8 Å². The Kier molecular flexibility index (Phi) is 7.44. The molecule has 0 aliphatic rings. The summed E-state index contributed by atoms with van der Waals surface area (Å²) >= 11 is 0. The number of nitriles is 1. The van der Waals surface area contributed by atoms with Gasteiger partial charge in [-0.15, -0.1) is 0 Å². The van der Waals surface area contributed by atoms with Crippen LogP contribution < -0.4 is 14.8 Å². The van der Waals surface area contributed by atoms with Gasteiger partial charge >= 0.3 is 0 Å². The number of amides is 1. The number of nitrogens with zero attached hydrogens (tertiary/aromatic N) is 1. The fourth-order valence-corrected chi connectivity index (χ4v) is 3.80. The zero-order chi connectivity index (χ0) is 24.6. The molecule has 1 atom stereocenters. The Morgan fingerprint density at radius 1 is 0.943 bits per heavy atom. The molecule has 0 unspecified atom stereocenters. The van der Waals surface area contributed by atoms with E-state index in [1.807, 2.05) is 61.5 Å². The number of methoxy groups -OCH3 is 1. The number of hydrogen-bond acceptors (Lipinski definition) is 4. The maximum Gasteiger partial charge on any atom is 0.262 e. The molecule has 0 saturated carbocycles. The molecule has 5 heteroatoms. The summed E-state index contributed by atoms with van der Waals surface area (Å²) in [4.78, 5) is 12.7. The minimum Gasteiger partial charge on any atom is -0.493 e. The molecule has 4 rings (SSSR count). The maximum absolute atomic E-state index is 12.7. The van der Waals surface area contributed by atoms with Crippen LogP contribution in [-0.2, 0) is 11.4 Å². The maximum atomic E-state index is 12.7. The number of benzene rings is 4. The van der Waals surface area contributed by atoms with Crippen LogP contribution in [-0.4, -0.2) is 13.0 Å². The van der Waals surface area contributed by atoms with Crippen LogP contribution in [0.4, 0.5) is 0 Å². The van der Waals surface area contributed by atoms with Crippen molar-refractivity contribution < 1.29 is 14.3 Å². The van der Waals surface area contributed by atoms with E-state index in [2.05, 4.69) is 29.6 Å². The van der Waals surface area contributed by atoms with Crippen LogP contribution in [0.1, 0.15) is 29.7 Å². The van der Waals surface area contributed by atoms with Crippen LogP contribution in [0.15, 0.2) is 96.6 Å². The lowest BCUT2D eigenvalue weighted by atomic mass is 10.1. The number of carbonyl (C=O) groups excluding carboxylic acids is 1. The minimum absolute atomic E-state index is 0.0136. The highest BCUT2D eigenvalue weighted by atomic mass is 16.5. The first-order valence-corrected chi connectivity index (χ1v) is 11.3. The van der Waals surface area contributed by atoms with Gasteiger partial charge in [0.05, 0.1) is 13.2 Å². The van der Waals surface area contributed by atoms with Gasteiger partial charge in [0.15, 0.2) is 11.5 Å². The van der Waals surface area contributed by atoms with E-state index in [4.69, 9.17) is 9.47 Å². The molecule has 0 spiro atoms. The molecule has 35 heavy (non-hydrogen) atoms. The Balaban J connectivity index is 1.47. The fourth-order valence-electron chi connectivity index (χ4n) is 3.80. The summed E-state index contributed by atoms with van der Waals surface area (Å²) in [6, 6.07) is 31.1. The Morgan fingerprint density at radius 3 is 2.43 bits per heavy atom. The van der Waals surface area contributed by atoms with Gasteiger partial charge in [0.25, 0.3) is 5.91 Å². The van der Waals surface area contributed by atoms with Crippen LogP contribution in [0.25, 0.3) is 16.8 Å². The number of rotatable bonds is 8. The number of fused-ring (bicyclic) bond motifs is 1. The minimum atomic E-state index is -0.431. The van der Waals surface area contributed by atoms with E-state index in [0.29, 0.717) is 23.7 Å². The quantitative estimate of drug-likeness (QED) is 0.250. The molecule has 0 radical (unpaired) electrons. The van der Waals surface area contributed by atoms with E-state index in [1.54, 1.807) is 31.4 Å². The average molecular weight is 463 g/mol. The Morgan fingerprint density at radius 2 is 1.69 bits per heavy atom. The average Bonchev–Trinajstić information content (AvgIpc) is 2.91. The van der Waals surface area contributed by atoms with E-state index in [-0.39, 0.29) is 11.6 Å². The summed E-state index contributed by atoms with van der Waals surface area (Å²) < 4.78 is 11.5. The largest absolute Gasteiger partial charge is 0.493 e. The van der Waals surface area contributed by atoms with Gasteiger partial charge in [-0.1, -0.05) is 72.8 Å². The lowest BCUT2D eigenvalue weighted by molar-refractivity contribution is -0.117. The molecule has 0 aliphatic heterocycles. The SMILES string of the molecule is COc1cc(/C=C(/C#N)C(=O)N[C@H](C)c2ccccc2)ccc1OCc1ccc2ccccc2c1. The van der Waals surface area contributed by atoms with Gasteiger partial charge in [0.1, 0.15) is 18.2 Å². The molecule has 1 amide bonds. The molecule has 1 N–H and O–H groups in total. The summed E-state index contributed by atoms with van der Waals surface area (Å²) in [6.45, 7) is 2.27. The van der Waals surface area contributed by atoms with Crippen LogP contribution in [0.2, 0.25) is 0 Å². The molecular formula is C30H26N2O3. The van der Waals surface area contributed by atoms with Gasteiger partial charge in [0, 0.05) is 0 Å². The van der Waals surface area contributed by atoms with Crippen molar-refractivity contribution in [3.8, 4) is 17.6 Å². The van der Waals surface area contributed by atoms with Gasteiger partial charge in [-0.05, 0) is 58.7 Å². The second kappa shape index (κ2) is 11.0. The third-order valence-electron chi connectivity index (χ3n) is 5.72. The van der Waals surface area contributed by atoms with Crippen molar-refractivity contribution in [3.63, 3.8) is 0 Å². The zero-order valence-corrected chi connectivity index (χ0v) is 19.7. The van der Waals surface area contributed by atoms with Crippen LogP contribution in [0, 0.1) is 11.3 Å². The van der Waals surface area contributed by atoms with Crippen molar-refractivity contribution >= 4 is 22.8 Å². The van der Waals surface area contributed by atoms with Crippen molar-refractivity contribution in [2.45, 2.75) is 19.6 Å². The Bertz CT molecular complexity index is 1400. The number of carbonyl (C=O) groups is 1. The van der Waals surface area contributed by atoms with Gasteiger partial charge in [-0.2, -0.15) is 5.26 Å². The number of nitrogens with one attached hydrogen (secondary N) is 1. The predicted octanol–water partition coefficient (Wildman–Crippen LogP) is 6.21. The van der Waals surface area contributed by atoms with E-state index < -0.39 is 5.91 Å². The summed E-state index contributed by atoms with van der Waals surface area (Å²) in [5.41, 5.74) is 2.69. The van der Waals surface area contributed by atoms with E-state index in [9.17, 15) is 10.1 Å². The third-order valence-corrected chi connectivity index (χ3v) is 5.72. The van der Waals surface area contributed by atoms with E-state index >= 15 is 0 Å². The first-order chi connectivity index (χ1) is 17.1. The van der Waals surface area contributed by atoms with Crippen molar-refractivity contribution in [2.24, 2.45) is 0 Å². The second-order valence-electron chi connectivity index (χ2n) is 8.16. The first kappa shape index (κ1) is 23.6. The number of ether oxygens (including phenoxy) is 2. The highest BCUT2D eigenvalue weighted by Crippen LogP contribution is 2.30. The standard InChI is InChI=1S/C30H26N2O3/c1-21(24-8-4-3-5-9-24)32-30(33)27(19-31)16-22-13-15-28(29(18-22)34-2)35-20-23-12-14-25-10-6-7-11-26(25)17-23/h3-18,21H,20H2,1-2H3,(H,32,33)/b27-16-/t21-/m1/s1. The monoisotopic (exact) mass is 462 g/mol. The van der Waals surface area contributed by atoms with Crippen molar-refractivity contribution in [2.75, 3.05) is 7.11 Å². The number of hydrogen-bond donors (Lipinski definition) is 1. The normalized spacial score (nSPS) is 12.0. The van der Waals surface area contributed by atoms with Crippen LogP contribution in [0.3, 0.4) is 0 Å². The zero-order valence-electron chi connectivity index (χ0n) is 19.7. The van der Waals surface area contributed by atoms with Crippen LogP contribution >= 0.6 is 0 Å². The molecule has 0 saturated heterocycles. The predicted molar refractivity (Wildman–Crippen MR) is 138 cm³/mol. The fraction of sp³-hybridized carbons (Fsp3) is 0.133. The van der Waals surface area contributed by atoms with E-state index in [0.717, 1.165) is 16.5 Å². The molecular weight excluding hydrogens is 436 g/mol. The highest BCUT2D eigenvalue weighted by molar-refractivity contribution is 6.01. The van der Waals surface area contributed by atoms with Crippen LogP contribution in [0.5, 0.6) is 11.5 Å². The van der Waals surface area contributed by atoms with E-state index in [1.165, 1.54) is 5.39 Å². The molecule has 0 aromatic heterocycles. The van der Waals surface area contributed by atoms with Gasteiger partial charge in [-0.25, -0.2) is 0 Å². The summed E-state index contributed by atoms with van der Waals surface area (Å²) in [5.74, 6) is 0.674. The summed E-state index contributed by atoms with van der Waals surface area (Å²) in [6.07, 6.45) is 1.54. The molecule has 0 aliphatic carbocycles. The Labute approximate surface area is 205 Å². The molecule has 4 aromatic carbocycles. The molecule has 0 fully saturated rings. The second-order valence-corrected chi connectivity index (χ2v) is 8.16. The molecule has 0 heterocycles. The Hall–Kier alpha value is -4.56. The third kappa shape index (κ3) is 5.87. The van der Waals surface area contributed by atoms with Crippen molar-refractivity contribution in [3.05, 3.63) is 113 Å². The van der Waals surface area contributed by atoms with Crippen molar-refractivity contribution in [1.29, 1.82) is 5.26 Å². The first-order valence-electron chi connectivity index (χ1n) is 11.3. The molecule has 174 valence electrons. The molecule has 5 nitrogen and oxygen atoms in total. The lowest BCUT2D eigenvalue weighted by Gasteiger charge is -2.14. The van der Waals surface area contributed by atoms with Gasteiger partial charge in [-0.3, -0.25) is 4.79 Å². The molecule has 0 bridgehead atoms. The van der Waals surface area contributed by atoms with Gasteiger partial charge in [0.2, 0.25) is 0 Å². The smallest absolute Gasteiger partial charge is 0.262 e. The van der Waals surface area contributed by atoms with Crippen molar-refractivity contribution in [1.82, 2.24) is 5.32 Å². The summed E-state index contributed by atoms with van der Waals surface area (Å²) in [7, 11) is 1.56. The lowest BCUT2D eigenvalue weighted by Crippen LogP contribution is -2.27. The summed E-state index contributed by atoms with van der Waals surface area (Å²) in [5, 5.41) is 14.8.